The molecule has 0 spiro atoms. The highest BCUT2D eigenvalue weighted by atomic mass is 79.9. The number of carbonyl (C=O) groups is 1. The van der Waals surface area contributed by atoms with E-state index >= 15 is 0 Å². The molecular weight excluding hydrogens is 422 g/mol. The van der Waals surface area contributed by atoms with Gasteiger partial charge in [-0.3, -0.25) is 9.58 Å². The molecular formula is C21H28BrN3O3. The highest BCUT2D eigenvalue weighted by Crippen LogP contribution is 2.31. The molecule has 0 saturated heterocycles. The highest BCUT2D eigenvalue weighted by molar-refractivity contribution is 9.10. The molecule has 0 saturated carbocycles. The molecule has 2 aromatic rings. The fourth-order valence-electron chi connectivity index (χ4n) is 3.30. The van der Waals surface area contributed by atoms with Crippen molar-refractivity contribution < 1.29 is 14.3 Å². The first-order chi connectivity index (χ1) is 13.0. The van der Waals surface area contributed by atoms with E-state index < -0.39 is 11.2 Å². The van der Waals surface area contributed by atoms with E-state index in [1.807, 2.05) is 75.7 Å². The molecule has 2 heterocycles. The summed E-state index contributed by atoms with van der Waals surface area (Å²) in [5, 5.41) is 4.50. The van der Waals surface area contributed by atoms with Crippen LogP contribution >= 0.6 is 15.9 Å². The van der Waals surface area contributed by atoms with Crippen molar-refractivity contribution in [2.24, 2.45) is 0 Å². The second kappa shape index (κ2) is 7.87. The van der Waals surface area contributed by atoms with E-state index in [9.17, 15) is 4.79 Å². The lowest BCUT2D eigenvalue weighted by atomic mass is 9.95. The van der Waals surface area contributed by atoms with Crippen molar-refractivity contribution in [3.8, 4) is 0 Å². The van der Waals surface area contributed by atoms with Crippen molar-refractivity contribution in [2.75, 3.05) is 0 Å². The van der Waals surface area contributed by atoms with Gasteiger partial charge in [0.15, 0.2) is 0 Å². The molecule has 0 fully saturated rings. The molecule has 1 aromatic heterocycles. The molecule has 0 aliphatic carbocycles. The van der Waals surface area contributed by atoms with E-state index in [1.165, 1.54) is 0 Å². The molecule has 1 aliphatic heterocycles. The predicted octanol–water partition coefficient (Wildman–Crippen LogP) is 4.76. The van der Waals surface area contributed by atoms with Gasteiger partial charge in [0, 0.05) is 0 Å². The number of hydrogen-bond donors (Lipinski definition) is 0. The molecule has 7 heteroatoms. The molecule has 0 radical (unpaired) electrons. The van der Waals surface area contributed by atoms with Gasteiger partial charge in [0.2, 0.25) is 0 Å². The second-order valence-corrected chi connectivity index (χ2v) is 9.45. The van der Waals surface area contributed by atoms with E-state index in [1.54, 1.807) is 4.90 Å². The van der Waals surface area contributed by atoms with Crippen LogP contribution < -0.4 is 0 Å². The zero-order chi connectivity index (χ0) is 20.5. The van der Waals surface area contributed by atoms with E-state index in [0.717, 1.165) is 15.9 Å². The Hall–Kier alpha value is -1.86. The summed E-state index contributed by atoms with van der Waals surface area (Å²) in [6, 6.07) is 11.8. The van der Waals surface area contributed by atoms with Gasteiger partial charge in [0.25, 0.3) is 0 Å². The van der Waals surface area contributed by atoms with Gasteiger partial charge in [0.1, 0.15) is 10.2 Å². The molecule has 1 amide bonds. The molecule has 0 bridgehead atoms. The molecule has 1 atom stereocenters. The van der Waals surface area contributed by atoms with Crippen LogP contribution in [-0.4, -0.2) is 38.0 Å². The summed E-state index contributed by atoms with van der Waals surface area (Å²) < 4.78 is 14.7. The Bertz CT molecular complexity index is 827. The van der Waals surface area contributed by atoms with Crippen LogP contribution in [0.2, 0.25) is 0 Å². The average Bonchev–Trinajstić information content (AvgIpc) is 2.97. The zero-order valence-corrected chi connectivity index (χ0v) is 18.7. The number of carbonyl (C=O) groups excluding carboxylic acids is 1. The maximum atomic E-state index is 13.0. The molecule has 6 nitrogen and oxygen atoms in total. The first kappa shape index (κ1) is 20.9. The van der Waals surface area contributed by atoms with Crippen molar-refractivity contribution in [3.05, 3.63) is 52.3 Å². The molecule has 152 valence electrons. The predicted molar refractivity (Wildman–Crippen MR) is 111 cm³/mol. The van der Waals surface area contributed by atoms with Crippen LogP contribution in [0.15, 0.2) is 41.0 Å². The molecule has 1 aromatic carbocycles. The number of amides is 1. The Kier molecular flexibility index (Phi) is 5.87. The van der Waals surface area contributed by atoms with Gasteiger partial charge < -0.3 is 9.47 Å². The maximum Gasteiger partial charge on any atom is 0.411 e. The first-order valence-electron chi connectivity index (χ1n) is 9.45. The SMILES string of the molecule is CC(C)(C)OC(=O)N1Cc2cc(Br)nn2CC1C(C)(C)OCc1ccccc1. The topological polar surface area (TPSA) is 56.6 Å². The van der Waals surface area contributed by atoms with E-state index in [-0.39, 0.29) is 12.1 Å². The number of rotatable bonds is 4. The third-order valence-electron chi connectivity index (χ3n) is 4.77. The van der Waals surface area contributed by atoms with Crippen molar-refractivity contribution in [1.82, 2.24) is 14.7 Å². The average molecular weight is 450 g/mol. The smallest absolute Gasteiger partial charge is 0.411 e. The fraction of sp³-hybridized carbons (Fsp3) is 0.524. The minimum atomic E-state index is -0.594. The van der Waals surface area contributed by atoms with Crippen LogP contribution in [0, 0.1) is 0 Å². The second-order valence-electron chi connectivity index (χ2n) is 8.64. The van der Waals surface area contributed by atoms with Gasteiger partial charge in [-0.25, -0.2) is 4.79 Å². The third-order valence-corrected chi connectivity index (χ3v) is 5.16. The third kappa shape index (κ3) is 4.94. The lowest BCUT2D eigenvalue weighted by Crippen LogP contribution is -2.58. The van der Waals surface area contributed by atoms with Crippen LogP contribution in [0.25, 0.3) is 0 Å². The molecule has 3 rings (SSSR count). The Labute approximate surface area is 174 Å². The number of halogens is 1. The van der Waals surface area contributed by atoms with Gasteiger partial charge >= 0.3 is 6.09 Å². The summed E-state index contributed by atoms with van der Waals surface area (Å²) in [5.74, 6) is 0. The standard InChI is InChI=1S/C21H28BrN3O3/c1-20(2,3)28-19(26)24-12-16-11-18(22)23-25(16)13-17(24)21(4,5)27-14-15-9-7-6-8-10-15/h6-11,17H,12-14H2,1-5H3. The van der Waals surface area contributed by atoms with Crippen molar-refractivity contribution >= 4 is 22.0 Å². The molecule has 1 unspecified atom stereocenters. The Morgan fingerprint density at radius 2 is 1.89 bits per heavy atom. The summed E-state index contributed by atoms with van der Waals surface area (Å²) in [5.41, 5.74) is 0.906. The minimum Gasteiger partial charge on any atom is -0.444 e. The largest absolute Gasteiger partial charge is 0.444 e. The lowest BCUT2D eigenvalue weighted by Gasteiger charge is -2.44. The van der Waals surface area contributed by atoms with Gasteiger partial charge in [0.05, 0.1) is 37.0 Å². The van der Waals surface area contributed by atoms with Crippen molar-refractivity contribution in [1.29, 1.82) is 0 Å². The fourth-order valence-corrected chi connectivity index (χ4v) is 3.76. The summed E-state index contributed by atoms with van der Waals surface area (Å²) in [6.45, 7) is 11.1. The Morgan fingerprint density at radius 3 is 2.54 bits per heavy atom. The number of ether oxygens (including phenoxy) is 2. The number of aromatic nitrogens is 2. The van der Waals surface area contributed by atoms with Crippen molar-refractivity contribution in [2.45, 2.75) is 71.6 Å². The number of fused-ring (bicyclic) bond motifs is 1. The first-order valence-corrected chi connectivity index (χ1v) is 10.2. The molecule has 1 aliphatic rings. The maximum absolute atomic E-state index is 13.0. The number of nitrogens with zero attached hydrogens (tertiary/aromatic N) is 3. The van der Waals surface area contributed by atoms with Gasteiger partial charge in [-0.1, -0.05) is 30.3 Å². The van der Waals surface area contributed by atoms with Gasteiger partial charge in [-0.05, 0) is 62.2 Å². The molecule has 0 N–H and O–H groups in total. The number of hydrogen-bond acceptors (Lipinski definition) is 4. The van der Waals surface area contributed by atoms with Crippen LogP contribution in [-0.2, 0) is 29.2 Å². The van der Waals surface area contributed by atoms with Crippen LogP contribution in [0.4, 0.5) is 4.79 Å². The van der Waals surface area contributed by atoms with Crippen LogP contribution in [0.5, 0.6) is 0 Å². The highest BCUT2D eigenvalue weighted by Gasteiger charge is 2.43. The Morgan fingerprint density at radius 1 is 1.21 bits per heavy atom. The lowest BCUT2D eigenvalue weighted by molar-refractivity contribution is -0.102. The van der Waals surface area contributed by atoms with Gasteiger partial charge in [-0.15, -0.1) is 0 Å². The minimum absolute atomic E-state index is 0.217. The molecule has 28 heavy (non-hydrogen) atoms. The summed E-state index contributed by atoms with van der Waals surface area (Å²) >= 11 is 3.43. The van der Waals surface area contributed by atoms with Gasteiger partial charge in [-0.2, -0.15) is 5.10 Å². The number of benzene rings is 1. The van der Waals surface area contributed by atoms with E-state index in [4.69, 9.17) is 9.47 Å². The van der Waals surface area contributed by atoms with E-state index in [2.05, 4.69) is 21.0 Å². The van der Waals surface area contributed by atoms with Crippen molar-refractivity contribution in [3.63, 3.8) is 0 Å². The zero-order valence-electron chi connectivity index (χ0n) is 17.1. The monoisotopic (exact) mass is 449 g/mol. The normalized spacial score (nSPS) is 17.4. The Balaban J connectivity index is 1.84. The van der Waals surface area contributed by atoms with Crippen LogP contribution in [0.3, 0.4) is 0 Å². The summed E-state index contributed by atoms with van der Waals surface area (Å²) in [4.78, 5) is 14.7. The van der Waals surface area contributed by atoms with Crippen LogP contribution in [0.1, 0.15) is 45.9 Å². The summed E-state index contributed by atoms with van der Waals surface area (Å²) in [6.07, 6.45) is -0.336. The quantitative estimate of drug-likeness (QED) is 0.674. The summed E-state index contributed by atoms with van der Waals surface area (Å²) in [7, 11) is 0. The van der Waals surface area contributed by atoms with E-state index in [0.29, 0.717) is 19.7 Å².